The number of benzene rings is 2. The summed E-state index contributed by atoms with van der Waals surface area (Å²) >= 11 is 0.876. The van der Waals surface area contributed by atoms with Gasteiger partial charge in [-0.25, -0.2) is 0 Å². The Balaban J connectivity index is 1.46. The third-order valence-corrected chi connectivity index (χ3v) is 5.28. The number of hydrogen-bond donors (Lipinski definition) is 1. The number of methoxy groups -OCH3 is 2. The van der Waals surface area contributed by atoms with E-state index in [1.807, 2.05) is 0 Å². The van der Waals surface area contributed by atoms with Crippen LogP contribution in [0.5, 0.6) is 17.2 Å². The number of amides is 3. The van der Waals surface area contributed by atoms with Crippen LogP contribution < -0.4 is 19.5 Å². The summed E-state index contributed by atoms with van der Waals surface area (Å²) in [6.07, 6.45) is 1.66. The van der Waals surface area contributed by atoms with Crippen molar-refractivity contribution >= 4 is 34.9 Å². The smallest absolute Gasteiger partial charge is 0.293 e. The minimum absolute atomic E-state index is 0.0822. The highest BCUT2D eigenvalue weighted by molar-refractivity contribution is 8.18. The average molecular weight is 442 g/mol. The molecule has 0 saturated carbocycles. The van der Waals surface area contributed by atoms with Crippen LogP contribution >= 0.6 is 11.8 Å². The van der Waals surface area contributed by atoms with Gasteiger partial charge in [0.25, 0.3) is 17.1 Å². The molecule has 0 spiro atoms. The zero-order chi connectivity index (χ0) is 22.2. The fourth-order valence-corrected chi connectivity index (χ4v) is 3.59. The van der Waals surface area contributed by atoms with Gasteiger partial charge in [-0.3, -0.25) is 19.3 Å². The number of hydrogen-bond acceptors (Lipinski definition) is 7. The molecule has 0 bridgehead atoms. The van der Waals surface area contributed by atoms with Crippen LogP contribution in [0.2, 0.25) is 0 Å². The molecule has 2 aromatic carbocycles. The Bertz CT molecular complexity index is 973. The van der Waals surface area contributed by atoms with E-state index in [1.54, 1.807) is 68.8 Å². The Labute approximate surface area is 184 Å². The summed E-state index contributed by atoms with van der Waals surface area (Å²) in [6, 6.07) is 14.0. The number of carbonyl (C=O) groups excluding carboxylic acids is 3. The molecule has 1 fully saturated rings. The molecule has 31 heavy (non-hydrogen) atoms. The lowest BCUT2D eigenvalue weighted by Gasteiger charge is -2.13. The Morgan fingerprint density at radius 2 is 1.55 bits per heavy atom. The first-order valence-corrected chi connectivity index (χ1v) is 10.2. The molecule has 3 rings (SSSR count). The van der Waals surface area contributed by atoms with E-state index in [9.17, 15) is 14.4 Å². The van der Waals surface area contributed by atoms with Crippen molar-refractivity contribution in [1.82, 2.24) is 10.2 Å². The molecule has 1 N–H and O–H groups in total. The van der Waals surface area contributed by atoms with E-state index in [4.69, 9.17) is 14.2 Å². The second-order valence-corrected chi connectivity index (χ2v) is 7.41. The fraction of sp³-hybridized carbons (Fsp3) is 0.227. The van der Waals surface area contributed by atoms with Crippen molar-refractivity contribution in [3.05, 3.63) is 59.0 Å². The summed E-state index contributed by atoms with van der Waals surface area (Å²) < 4.78 is 15.6. The summed E-state index contributed by atoms with van der Waals surface area (Å²) in [5.74, 6) is 1.20. The zero-order valence-corrected chi connectivity index (χ0v) is 17.9. The van der Waals surface area contributed by atoms with Crippen LogP contribution in [0.4, 0.5) is 4.79 Å². The predicted octanol–water partition coefficient (Wildman–Crippen LogP) is 2.94. The normalized spacial score (nSPS) is 14.6. The third kappa shape index (κ3) is 6.02. The lowest BCUT2D eigenvalue weighted by Crippen LogP contribution is -2.38. The van der Waals surface area contributed by atoms with E-state index >= 15 is 0 Å². The summed E-state index contributed by atoms with van der Waals surface area (Å²) in [5.41, 5.74) is 0.787. The molecule has 0 atom stereocenters. The second-order valence-electron chi connectivity index (χ2n) is 6.42. The summed E-state index contributed by atoms with van der Waals surface area (Å²) in [7, 11) is 3.14. The van der Waals surface area contributed by atoms with Gasteiger partial charge in [0.05, 0.1) is 19.1 Å². The van der Waals surface area contributed by atoms with Gasteiger partial charge in [0.15, 0.2) is 6.61 Å². The van der Waals surface area contributed by atoms with Gasteiger partial charge >= 0.3 is 0 Å². The SMILES string of the molecule is COc1ccc(/C=C2/SC(=O)N(CCNC(=O)COc3ccc(OC)cc3)C2=O)cc1. The number of carbonyl (C=O) groups is 3. The largest absolute Gasteiger partial charge is 0.497 e. The van der Waals surface area contributed by atoms with Crippen LogP contribution in [0.3, 0.4) is 0 Å². The average Bonchev–Trinajstić information content (AvgIpc) is 3.05. The maximum atomic E-state index is 12.5. The standard InChI is InChI=1S/C22H22N2O6S/c1-28-16-5-3-15(4-6-16)13-19-21(26)24(22(27)31-19)12-11-23-20(25)14-30-18-9-7-17(29-2)8-10-18/h3-10,13H,11-12,14H2,1-2H3,(H,23,25)/b19-13+. The zero-order valence-electron chi connectivity index (χ0n) is 17.1. The molecule has 1 saturated heterocycles. The quantitative estimate of drug-likeness (QED) is 0.597. The lowest BCUT2D eigenvalue weighted by atomic mass is 10.2. The molecule has 9 heteroatoms. The molecule has 0 radical (unpaired) electrons. The van der Waals surface area contributed by atoms with Crippen LogP contribution in [0.15, 0.2) is 53.4 Å². The first kappa shape index (κ1) is 22.2. The van der Waals surface area contributed by atoms with Crippen molar-refractivity contribution in [3.8, 4) is 17.2 Å². The van der Waals surface area contributed by atoms with Crippen molar-refractivity contribution in [2.24, 2.45) is 0 Å². The van der Waals surface area contributed by atoms with Gasteiger partial charge in [0.1, 0.15) is 17.2 Å². The molecule has 1 aliphatic heterocycles. The second kappa shape index (κ2) is 10.5. The number of rotatable bonds is 9. The van der Waals surface area contributed by atoms with Crippen molar-refractivity contribution < 1.29 is 28.6 Å². The molecule has 0 unspecified atom stereocenters. The summed E-state index contributed by atoms with van der Waals surface area (Å²) in [5, 5.41) is 2.28. The number of ether oxygens (including phenoxy) is 3. The number of nitrogens with zero attached hydrogens (tertiary/aromatic N) is 1. The minimum atomic E-state index is -0.380. The molecule has 2 aromatic rings. The van der Waals surface area contributed by atoms with E-state index in [2.05, 4.69) is 5.32 Å². The van der Waals surface area contributed by atoms with Crippen molar-refractivity contribution in [3.63, 3.8) is 0 Å². The van der Waals surface area contributed by atoms with E-state index in [-0.39, 0.29) is 36.7 Å². The lowest BCUT2D eigenvalue weighted by molar-refractivity contribution is -0.125. The molecule has 8 nitrogen and oxygen atoms in total. The predicted molar refractivity (Wildman–Crippen MR) is 117 cm³/mol. The van der Waals surface area contributed by atoms with Gasteiger partial charge in [-0.05, 0) is 59.8 Å². The van der Waals surface area contributed by atoms with Gasteiger partial charge in [-0.1, -0.05) is 12.1 Å². The highest BCUT2D eigenvalue weighted by Gasteiger charge is 2.34. The summed E-state index contributed by atoms with van der Waals surface area (Å²) in [6.45, 7) is 0.0448. The molecular formula is C22H22N2O6S. The highest BCUT2D eigenvalue weighted by atomic mass is 32.2. The van der Waals surface area contributed by atoms with Crippen LogP contribution in [0, 0.1) is 0 Å². The van der Waals surface area contributed by atoms with Gasteiger partial charge in [-0.15, -0.1) is 0 Å². The Hall–Kier alpha value is -3.46. The maximum Gasteiger partial charge on any atom is 0.293 e. The van der Waals surface area contributed by atoms with E-state index in [0.717, 1.165) is 22.2 Å². The van der Waals surface area contributed by atoms with Gasteiger partial charge in [0.2, 0.25) is 0 Å². The van der Waals surface area contributed by atoms with Crippen molar-refractivity contribution in [2.45, 2.75) is 0 Å². The van der Waals surface area contributed by atoms with Gasteiger partial charge in [-0.2, -0.15) is 0 Å². The van der Waals surface area contributed by atoms with E-state index in [0.29, 0.717) is 22.2 Å². The van der Waals surface area contributed by atoms with E-state index in [1.165, 1.54) is 0 Å². The molecule has 162 valence electrons. The third-order valence-electron chi connectivity index (χ3n) is 4.37. The Morgan fingerprint density at radius 3 is 2.16 bits per heavy atom. The van der Waals surface area contributed by atoms with Gasteiger partial charge in [0, 0.05) is 13.1 Å². The minimum Gasteiger partial charge on any atom is -0.497 e. The molecule has 1 heterocycles. The Kier molecular flexibility index (Phi) is 7.55. The Morgan fingerprint density at radius 1 is 0.968 bits per heavy atom. The molecular weight excluding hydrogens is 420 g/mol. The van der Waals surface area contributed by atoms with E-state index < -0.39 is 0 Å². The number of thioether (sulfide) groups is 1. The van der Waals surface area contributed by atoms with Crippen LogP contribution in [-0.2, 0) is 9.59 Å². The van der Waals surface area contributed by atoms with Crippen LogP contribution in [0.25, 0.3) is 6.08 Å². The summed E-state index contributed by atoms with van der Waals surface area (Å²) in [4.78, 5) is 38.1. The van der Waals surface area contributed by atoms with Crippen molar-refractivity contribution in [2.75, 3.05) is 33.9 Å². The topological polar surface area (TPSA) is 94.2 Å². The highest BCUT2D eigenvalue weighted by Crippen LogP contribution is 2.32. The first-order chi connectivity index (χ1) is 15.0. The molecule has 0 aromatic heterocycles. The van der Waals surface area contributed by atoms with Crippen molar-refractivity contribution in [1.29, 1.82) is 0 Å². The van der Waals surface area contributed by atoms with Crippen LogP contribution in [0.1, 0.15) is 5.56 Å². The van der Waals surface area contributed by atoms with Gasteiger partial charge < -0.3 is 19.5 Å². The first-order valence-electron chi connectivity index (χ1n) is 9.43. The molecule has 0 aliphatic carbocycles. The monoisotopic (exact) mass is 442 g/mol. The fourth-order valence-electron chi connectivity index (χ4n) is 2.72. The maximum absolute atomic E-state index is 12.5. The van der Waals surface area contributed by atoms with Crippen LogP contribution in [-0.4, -0.2) is 55.9 Å². The number of imide groups is 1. The number of nitrogens with one attached hydrogen (secondary N) is 1. The molecule has 1 aliphatic rings. The molecule has 3 amide bonds.